The molecule has 0 aromatic carbocycles. The summed E-state index contributed by atoms with van der Waals surface area (Å²) in [5.74, 6) is 0.627. The molecule has 0 saturated carbocycles. The van der Waals surface area contributed by atoms with Gasteiger partial charge in [0.2, 0.25) is 0 Å². The molecule has 0 aliphatic heterocycles. The van der Waals surface area contributed by atoms with Crippen LogP contribution in [0.2, 0.25) is 0 Å². The molecule has 0 aliphatic carbocycles. The highest BCUT2D eigenvalue weighted by atomic mass is 32.1. The molecule has 18 heavy (non-hydrogen) atoms. The number of thiol groups is 1. The average Bonchev–Trinajstić information content (AvgIpc) is 2.96. The van der Waals surface area contributed by atoms with E-state index in [1.165, 1.54) is 4.88 Å². The van der Waals surface area contributed by atoms with Gasteiger partial charge in [0, 0.05) is 29.6 Å². The molecule has 2 aromatic rings. The van der Waals surface area contributed by atoms with Crippen molar-refractivity contribution in [3.05, 3.63) is 40.5 Å². The van der Waals surface area contributed by atoms with E-state index in [9.17, 15) is 4.79 Å². The first-order valence-corrected chi connectivity index (χ1v) is 7.22. The lowest BCUT2D eigenvalue weighted by molar-refractivity contribution is 0.0956. The summed E-state index contributed by atoms with van der Waals surface area (Å²) in [5, 5.41) is 3.86. The van der Waals surface area contributed by atoms with E-state index in [4.69, 9.17) is 0 Å². The van der Waals surface area contributed by atoms with Gasteiger partial charge in [-0.2, -0.15) is 12.6 Å². The molecule has 96 valence electrons. The molecule has 1 amide bonds. The van der Waals surface area contributed by atoms with Crippen LogP contribution in [0.5, 0.6) is 0 Å². The number of thiophene rings is 1. The molecule has 5 heteroatoms. The molecule has 0 fully saturated rings. The summed E-state index contributed by atoms with van der Waals surface area (Å²) in [6.07, 6.45) is 3.92. The Morgan fingerprint density at radius 3 is 2.67 bits per heavy atom. The van der Waals surface area contributed by atoms with Crippen molar-refractivity contribution < 1.29 is 4.79 Å². The molecule has 1 N–H and O–H groups in total. The van der Waals surface area contributed by atoms with Gasteiger partial charge in [-0.1, -0.05) is 0 Å². The van der Waals surface area contributed by atoms with Crippen LogP contribution in [0.4, 0.5) is 0 Å². The SMILES string of the molecule is Cc1sc(-n2cccc2)c(C(=O)NCCS)c1C. The molecule has 0 saturated heterocycles. The van der Waals surface area contributed by atoms with Crippen molar-refractivity contribution in [2.24, 2.45) is 0 Å². The van der Waals surface area contributed by atoms with E-state index in [-0.39, 0.29) is 5.91 Å². The maximum Gasteiger partial charge on any atom is 0.254 e. The van der Waals surface area contributed by atoms with E-state index >= 15 is 0 Å². The van der Waals surface area contributed by atoms with Crippen molar-refractivity contribution in [3.63, 3.8) is 0 Å². The Balaban J connectivity index is 2.42. The van der Waals surface area contributed by atoms with Gasteiger partial charge in [0.15, 0.2) is 0 Å². The molecule has 0 radical (unpaired) electrons. The minimum atomic E-state index is -0.0189. The van der Waals surface area contributed by atoms with E-state index in [0.717, 1.165) is 16.1 Å². The second-order valence-electron chi connectivity index (χ2n) is 4.03. The zero-order valence-electron chi connectivity index (χ0n) is 10.4. The predicted molar refractivity (Wildman–Crippen MR) is 79.3 cm³/mol. The van der Waals surface area contributed by atoms with Gasteiger partial charge in [0.1, 0.15) is 5.00 Å². The Labute approximate surface area is 116 Å². The summed E-state index contributed by atoms with van der Waals surface area (Å²) < 4.78 is 1.99. The Morgan fingerprint density at radius 2 is 2.06 bits per heavy atom. The summed E-state index contributed by atoms with van der Waals surface area (Å²) >= 11 is 5.75. The molecule has 2 aromatic heterocycles. The van der Waals surface area contributed by atoms with Crippen LogP contribution in [0, 0.1) is 13.8 Å². The third-order valence-corrected chi connectivity index (χ3v) is 4.27. The van der Waals surface area contributed by atoms with Crippen molar-refractivity contribution in [1.82, 2.24) is 9.88 Å². The van der Waals surface area contributed by atoms with Gasteiger partial charge in [-0.25, -0.2) is 0 Å². The van der Waals surface area contributed by atoms with Gasteiger partial charge in [-0.3, -0.25) is 4.79 Å². The predicted octanol–water partition coefficient (Wildman–Crippen LogP) is 2.82. The van der Waals surface area contributed by atoms with Crippen LogP contribution in [0.1, 0.15) is 20.8 Å². The molecule has 0 bridgehead atoms. The van der Waals surface area contributed by atoms with Crippen LogP contribution in [-0.4, -0.2) is 22.8 Å². The fourth-order valence-electron chi connectivity index (χ4n) is 1.79. The van der Waals surface area contributed by atoms with Gasteiger partial charge in [-0.15, -0.1) is 11.3 Å². The third kappa shape index (κ3) is 2.47. The third-order valence-electron chi connectivity index (χ3n) is 2.83. The van der Waals surface area contributed by atoms with Gasteiger partial charge in [0.25, 0.3) is 5.91 Å². The highest BCUT2D eigenvalue weighted by Crippen LogP contribution is 2.30. The minimum absolute atomic E-state index is 0.0189. The lowest BCUT2D eigenvalue weighted by Crippen LogP contribution is -2.26. The minimum Gasteiger partial charge on any atom is -0.351 e. The Hall–Kier alpha value is -1.20. The number of aromatic nitrogens is 1. The zero-order valence-corrected chi connectivity index (χ0v) is 12.1. The van der Waals surface area contributed by atoms with Gasteiger partial charge in [0.05, 0.1) is 5.56 Å². The normalized spacial score (nSPS) is 10.6. The van der Waals surface area contributed by atoms with Gasteiger partial charge < -0.3 is 9.88 Å². The maximum atomic E-state index is 12.2. The summed E-state index contributed by atoms with van der Waals surface area (Å²) in [5.41, 5.74) is 1.83. The van der Waals surface area contributed by atoms with Crippen LogP contribution < -0.4 is 5.32 Å². The number of hydrogen-bond donors (Lipinski definition) is 2. The summed E-state index contributed by atoms with van der Waals surface area (Å²) in [7, 11) is 0. The Bertz CT molecular complexity index is 544. The Kier molecular flexibility index (Phi) is 4.14. The number of hydrogen-bond acceptors (Lipinski definition) is 3. The van der Waals surface area contributed by atoms with Crippen molar-refractivity contribution in [2.75, 3.05) is 12.3 Å². The van der Waals surface area contributed by atoms with Crippen molar-refractivity contribution >= 4 is 29.9 Å². The molecular formula is C13H16N2OS2. The lowest BCUT2D eigenvalue weighted by atomic mass is 10.1. The number of aryl methyl sites for hydroxylation is 1. The van der Waals surface area contributed by atoms with E-state index in [0.29, 0.717) is 12.3 Å². The molecule has 3 nitrogen and oxygen atoms in total. The zero-order chi connectivity index (χ0) is 13.1. The van der Waals surface area contributed by atoms with Crippen LogP contribution >= 0.6 is 24.0 Å². The molecule has 2 heterocycles. The number of nitrogens with zero attached hydrogens (tertiary/aromatic N) is 1. The van der Waals surface area contributed by atoms with Crippen molar-refractivity contribution in [1.29, 1.82) is 0 Å². The van der Waals surface area contributed by atoms with Gasteiger partial charge >= 0.3 is 0 Å². The standard InChI is InChI=1S/C13H16N2OS2/c1-9-10(2)18-13(15-6-3-4-7-15)11(9)12(16)14-5-8-17/h3-4,6-7,17H,5,8H2,1-2H3,(H,14,16). The molecule has 2 rings (SSSR count). The highest BCUT2D eigenvalue weighted by Gasteiger charge is 2.19. The van der Waals surface area contributed by atoms with E-state index in [2.05, 4.69) is 17.9 Å². The van der Waals surface area contributed by atoms with Gasteiger partial charge in [-0.05, 0) is 31.5 Å². The fraction of sp³-hybridized carbons (Fsp3) is 0.308. The van der Waals surface area contributed by atoms with Crippen LogP contribution in [0.15, 0.2) is 24.5 Å². The first kappa shape index (κ1) is 13.2. The highest BCUT2D eigenvalue weighted by molar-refractivity contribution is 7.80. The first-order valence-electron chi connectivity index (χ1n) is 5.77. The largest absolute Gasteiger partial charge is 0.351 e. The fourth-order valence-corrected chi connectivity index (χ4v) is 3.02. The average molecular weight is 280 g/mol. The topological polar surface area (TPSA) is 34.0 Å². The maximum absolute atomic E-state index is 12.2. The smallest absolute Gasteiger partial charge is 0.254 e. The van der Waals surface area contributed by atoms with Crippen LogP contribution in [0.25, 0.3) is 5.00 Å². The number of amides is 1. The van der Waals surface area contributed by atoms with E-state index in [1.807, 2.05) is 42.9 Å². The summed E-state index contributed by atoms with van der Waals surface area (Å²) in [6, 6.07) is 3.92. The molecular weight excluding hydrogens is 264 g/mol. The number of nitrogens with one attached hydrogen (secondary N) is 1. The molecule has 0 atom stereocenters. The monoisotopic (exact) mass is 280 g/mol. The summed E-state index contributed by atoms with van der Waals surface area (Å²) in [4.78, 5) is 13.4. The van der Waals surface area contributed by atoms with E-state index in [1.54, 1.807) is 11.3 Å². The second kappa shape index (κ2) is 5.63. The Morgan fingerprint density at radius 1 is 1.39 bits per heavy atom. The second-order valence-corrected chi connectivity index (χ2v) is 5.68. The first-order chi connectivity index (χ1) is 8.65. The number of carbonyl (C=O) groups is 1. The van der Waals surface area contributed by atoms with Crippen LogP contribution in [-0.2, 0) is 0 Å². The van der Waals surface area contributed by atoms with Crippen LogP contribution in [0.3, 0.4) is 0 Å². The lowest BCUT2D eigenvalue weighted by Gasteiger charge is -2.07. The summed E-state index contributed by atoms with van der Waals surface area (Å²) in [6.45, 7) is 4.62. The molecule has 0 aliphatic rings. The van der Waals surface area contributed by atoms with Crippen molar-refractivity contribution in [2.45, 2.75) is 13.8 Å². The molecule has 0 spiro atoms. The van der Waals surface area contributed by atoms with Crippen molar-refractivity contribution in [3.8, 4) is 5.00 Å². The number of rotatable bonds is 4. The number of carbonyl (C=O) groups excluding carboxylic acids is 1. The quantitative estimate of drug-likeness (QED) is 0.830. The molecule has 0 unspecified atom stereocenters. The van der Waals surface area contributed by atoms with E-state index < -0.39 is 0 Å².